The second kappa shape index (κ2) is 4.99. The number of rotatable bonds is 1. The fraction of sp³-hybridized carbons (Fsp3) is 0.579. The van der Waals surface area contributed by atoms with Crippen molar-refractivity contribution in [3.8, 4) is 0 Å². The highest BCUT2D eigenvalue weighted by atomic mass is 16.5. The van der Waals surface area contributed by atoms with E-state index < -0.39 is 5.54 Å². The monoisotopic (exact) mass is 369 g/mol. The lowest BCUT2D eigenvalue weighted by Crippen LogP contribution is -2.43. The number of carbonyl (C=O) groups excluding carboxylic acids is 2. The first-order valence-corrected chi connectivity index (χ1v) is 9.38. The van der Waals surface area contributed by atoms with Crippen LogP contribution in [0, 0.1) is 5.92 Å². The summed E-state index contributed by atoms with van der Waals surface area (Å²) >= 11 is 0. The Morgan fingerprint density at radius 2 is 2.07 bits per heavy atom. The molecule has 0 saturated carbocycles. The largest absolute Gasteiger partial charge is 0.361 e. The summed E-state index contributed by atoms with van der Waals surface area (Å²) in [6, 6.07) is -0.381. The summed E-state index contributed by atoms with van der Waals surface area (Å²) < 4.78 is 7.11. The molecule has 1 N–H and O–H groups in total. The highest BCUT2D eigenvalue weighted by molar-refractivity contribution is 6.23. The highest BCUT2D eigenvalue weighted by Crippen LogP contribution is 2.50. The number of fused-ring (bicyclic) bond motifs is 4. The standard InChI is InChI=1S/C19H23N5O3/c1-18(2)16(25)24(17(26)21-18)15-12-6-5-11-7-13-10(9-20-27-13)8-19(11,3)14(12)22-23(15)4/h9,11H,5-8H2,1-4H3,(H,21,26). The third kappa shape index (κ3) is 2.04. The molecule has 2 atom stereocenters. The molecule has 5 rings (SSSR count). The predicted molar refractivity (Wildman–Crippen MR) is 96.4 cm³/mol. The lowest BCUT2D eigenvalue weighted by molar-refractivity contribution is -0.121. The van der Waals surface area contributed by atoms with Gasteiger partial charge in [-0.15, -0.1) is 0 Å². The minimum absolute atomic E-state index is 0.156. The van der Waals surface area contributed by atoms with Gasteiger partial charge in [0.2, 0.25) is 0 Å². The van der Waals surface area contributed by atoms with Crippen molar-refractivity contribution in [2.45, 2.75) is 57.4 Å². The number of hydrogen-bond donors (Lipinski definition) is 1. The lowest BCUT2D eigenvalue weighted by Gasteiger charge is -2.43. The van der Waals surface area contributed by atoms with Gasteiger partial charge < -0.3 is 9.84 Å². The minimum Gasteiger partial charge on any atom is -0.361 e. The topological polar surface area (TPSA) is 93.3 Å². The fourth-order valence-corrected chi connectivity index (χ4v) is 5.07. The molecule has 142 valence electrons. The molecule has 3 heterocycles. The van der Waals surface area contributed by atoms with Crippen LogP contribution in [-0.4, -0.2) is 32.4 Å². The van der Waals surface area contributed by atoms with Gasteiger partial charge in [0, 0.05) is 30.0 Å². The molecule has 0 spiro atoms. The quantitative estimate of drug-likeness (QED) is 0.775. The second-order valence-corrected chi connectivity index (χ2v) is 8.78. The molecule has 2 aromatic rings. The third-order valence-electron chi connectivity index (χ3n) is 6.59. The first-order chi connectivity index (χ1) is 12.7. The first-order valence-electron chi connectivity index (χ1n) is 9.38. The second-order valence-electron chi connectivity index (χ2n) is 8.78. The van der Waals surface area contributed by atoms with E-state index in [0.29, 0.717) is 11.7 Å². The number of imide groups is 1. The van der Waals surface area contributed by atoms with Crippen LogP contribution in [0.15, 0.2) is 10.7 Å². The van der Waals surface area contributed by atoms with Gasteiger partial charge in [-0.1, -0.05) is 12.1 Å². The highest BCUT2D eigenvalue weighted by Gasteiger charge is 2.51. The van der Waals surface area contributed by atoms with Crippen LogP contribution in [0.3, 0.4) is 0 Å². The van der Waals surface area contributed by atoms with Crippen LogP contribution < -0.4 is 10.2 Å². The Morgan fingerprint density at radius 3 is 2.78 bits per heavy atom. The molecule has 0 aromatic carbocycles. The SMILES string of the molecule is Cn1nc2c(c1N1C(=O)NC(C)(C)C1=O)CCC1Cc3oncc3CC21C. The molecule has 8 nitrogen and oxygen atoms in total. The van der Waals surface area contributed by atoms with Crippen LogP contribution in [0.2, 0.25) is 0 Å². The van der Waals surface area contributed by atoms with Crippen molar-refractivity contribution >= 4 is 17.8 Å². The zero-order valence-corrected chi connectivity index (χ0v) is 16.0. The number of amides is 3. The average Bonchev–Trinajstić information content (AvgIpc) is 3.21. The van der Waals surface area contributed by atoms with Gasteiger partial charge in [0.25, 0.3) is 5.91 Å². The zero-order chi connectivity index (χ0) is 19.1. The summed E-state index contributed by atoms with van der Waals surface area (Å²) in [5, 5.41) is 11.5. The summed E-state index contributed by atoms with van der Waals surface area (Å²) in [7, 11) is 1.81. The van der Waals surface area contributed by atoms with E-state index in [1.165, 1.54) is 4.90 Å². The van der Waals surface area contributed by atoms with E-state index in [9.17, 15) is 9.59 Å². The average molecular weight is 369 g/mol. The molecule has 27 heavy (non-hydrogen) atoms. The van der Waals surface area contributed by atoms with Crippen molar-refractivity contribution in [2.24, 2.45) is 13.0 Å². The minimum atomic E-state index is -0.905. The van der Waals surface area contributed by atoms with Gasteiger partial charge in [0.1, 0.15) is 17.1 Å². The maximum atomic E-state index is 12.8. The smallest absolute Gasteiger partial charge is 0.330 e. The van der Waals surface area contributed by atoms with Gasteiger partial charge in [-0.2, -0.15) is 5.10 Å². The van der Waals surface area contributed by atoms with Crippen molar-refractivity contribution in [2.75, 3.05) is 4.90 Å². The van der Waals surface area contributed by atoms with E-state index in [2.05, 4.69) is 17.4 Å². The van der Waals surface area contributed by atoms with E-state index in [4.69, 9.17) is 9.62 Å². The third-order valence-corrected chi connectivity index (χ3v) is 6.59. The Kier molecular flexibility index (Phi) is 3.06. The normalized spacial score (nSPS) is 28.6. The molecule has 1 saturated heterocycles. The Hall–Kier alpha value is -2.64. The maximum absolute atomic E-state index is 12.8. The lowest BCUT2D eigenvalue weighted by atomic mass is 9.60. The van der Waals surface area contributed by atoms with Crippen LogP contribution >= 0.6 is 0 Å². The van der Waals surface area contributed by atoms with E-state index in [1.807, 2.05) is 7.05 Å². The number of nitrogens with one attached hydrogen (secondary N) is 1. The molecule has 3 amide bonds. The van der Waals surface area contributed by atoms with Gasteiger partial charge in [-0.05, 0) is 39.0 Å². The molecule has 8 heteroatoms. The van der Waals surface area contributed by atoms with Crippen molar-refractivity contribution < 1.29 is 14.1 Å². The van der Waals surface area contributed by atoms with Crippen molar-refractivity contribution in [1.82, 2.24) is 20.3 Å². The van der Waals surface area contributed by atoms with Gasteiger partial charge in [0.05, 0.1) is 11.9 Å². The van der Waals surface area contributed by atoms with E-state index >= 15 is 0 Å². The zero-order valence-electron chi connectivity index (χ0n) is 16.0. The van der Waals surface area contributed by atoms with Crippen molar-refractivity contribution in [3.05, 3.63) is 28.8 Å². The van der Waals surface area contributed by atoms with Crippen LogP contribution in [0.4, 0.5) is 10.6 Å². The molecule has 0 radical (unpaired) electrons. The molecule has 1 fully saturated rings. The summed E-state index contributed by atoms with van der Waals surface area (Å²) in [6.07, 6.45) is 5.23. The summed E-state index contributed by atoms with van der Waals surface area (Å²) in [5.41, 5.74) is 2.07. The molecule has 2 aromatic heterocycles. The van der Waals surface area contributed by atoms with E-state index in [-0.39, 0.29) is 17.4 Å². The van der Waals surface area contributed by atoms with Gasteiger partial charge in [-0.3, -0.25) is 9.48 Å². The number of urea groups is 1. The number of carbonyl (C=O) groups is 2. The Bertz CT molecular complexity index is 988. The number of hydrogen-bond acceptors (Lipinski definition) is 5. The Balaban J connectivity index is 1.63. The number of aromatic nitrogens is 3. The van der Waals surface area contributed by atoms with Gasteiger partial charge in [-0.25, -0.2) is 9.69 Å². The van der Waals surface area contributed by atoms with Crippen molar-refractivity contribution in [1.29, 1.82) is 0 Å². The van der Waals surface area contributed by atoms with Crippen LogP contribution in [0.25, 0.3) is 0 Å². The number of anilines is 1. The maximum Gasteiger partial charge on any atom is 0.330 e. The van der Waals surface area contributed by atoms with Crippen LogP contribution in [-0.2, 0) is 36.5 Å². The fourth-order valence-electron chi connectivity index (χ4n) is 5.07. The Morgan fingerprint density at radius 1 is 1.30 bits per heavy atom. The summed E-state index contributed by atoms with van der Waals surface area (Å²) in [6.45, 7) is 5.68. The molecule has 2 aliphatic carbocycles. The molecule has 3 aliphatic rings. The summed E-state index contributed by atoms with van der Waals surface area (Å²) in [4.78, 5) is 26.7. The van der Waals surface area contributed by atoms with Crippen LogP contribution in [0.1, 0.15) is 49.8 Å². The Labute approximate surface area is 156 Å². The van der Waals surface area contributed by atoms with E-state index in [0.717, 1.165) is 48.3 Å². The summed E-state index contributed by atoms with van der Waals surface area (Å²) in [5.74, 6) is 1.75. The van der Waals surface area contributed by atoms with E-state index in [1.54, 1.807) is 24.7 Å². The number of nitrogens with zero attached hydrogens (tertiary/aromatic N) is 4. The van der Waals surface area contributed by atoms with Crippen molar-refractivity contribution in [3.63, 3.8) is 0 Å². The molecule has 0 bridgehead atoms. The molecule has 2 unspecified atom stereocenters. The number of aryl methyl sites for hydroxylation is 1. The van der Waals surface area contributed by atoms with Gasteiger partial charge in [0.15, 0.2) is 0 Å². The predicted octanol–water partition coefficient (Wildman–Crippen LogP) is 1.86. The first kappa shape index (κ1) is 16.5. The van der Waals surface area contributed by atoms with Gasteiger partial charge >= 0.3 is 6.03 Å². The molecular weight excluding hydrogens is 346 g/mol. The van der Waals surface area contributed by atoms with Crippen LogP contribution in [0.5, 0.6) is 0 Å². The molecule has 1 aliphatic heterocycles. The molecular formula is C19H23N5O3.